The number of esters is 2. The highest BCUT2D eigenvalue weighted by atomic mass is 16.6. The van der Waals surface area contributed by atoms with Gasteiger partial charge in [-0.2, -0.15) is 0 Å². The van der Waals surface area contributed by atoms with Gasteiger partial charge in [-0.3, -0.25) is 0 Å². The highest BCUT2D eigenvalue weighted by Gasteiger charge is 2.30. The Labute approximate surface area is 152 Å². The van der Waals surface area contributed by atoms with Gasteiger partial charge in [0.15, 0.2) is 0 Å². The average Bonchev–Trinajstić information content (AvgIpc) is 2.63. The first-order valence-corrected chi connectivity index (χ1v) is 9.50. The monoisotopic (exact) mass is 348 g/mol. The third kappa shape index (κ3) is 7.29. The second kappa shape index (κ2) is 11.7. The van der Waals surface area contributed by atoms with Gasteiger partial charge in [-0.1, -0.05) is 70.4 Å². The third-order valence-electron chi connectivity index (χ3n) is 4.17. The van der Waals surface area contributed by atoms with Gasteiger partial charge in [0.1, 0.15) is 5.57 Å². The molecule has 1 aliphatic carbocycles. The number of allylic oxidation sites excluding steroid dienone is 5. The molecule has 0 amide bonds. The van der Waals surface area contributed by atoms with Crippen molar-refractivity contribution < 1.29 is 19.1 Å². The maximum Gasteiger partial charge on any atom is 0.345 e. The summed E-state index contributed by atoms with van der Waals surface area (Å²) in [5, 5.41) is 0. The molecule has 4 heteroatoms. The van der Waals surface area contributed by atoms with E-state index in [2.05, 4.69) is 19.1 Å². The molecule has 0 aromatic heterocycles. The number of carbonyl (C=O) groups excluding carboxylic acids is 2. The molecule has 0 bridgehead atoms. The summed E-state index contributed by atoms with van der Waals surface area (Å²) in [6.45, 7) is 6.61. The van der Waals surface area contributed by atoms with Crippen LogP contribution < -0.4 is 0 Å². The summed E-state index contributed by atoms with van der Waals surface area (Å²) in [6, 6.07) is 0. The van der Waals surface area contributed by atoms with Crippen molar-refractivity contribution >= 4 is 11.9 Å². The largest absolute Gasteiger partial charge is 0.462 e. The van der Waals surface area contributed by atoms with Crippen molar-refractivity contribution in [3.8, 4) is 0 Å². The molecule has 140 valence electrons. The van der Waals surface area contributed by atoms with E-state index in [0.29, 0.717) is 26.1 Å². The van der Waals surface area contributed by atoms with Crippen molar-refractivity contribution in [1.82, 2.24) is 0 Å². The van der Waals surface area contributed by atoms with Crippen LogP contribution in [0.3, 0.4) is 0 Å². The minimum atomic E-state index is -0.583. The van der Waals surface area contributed by atoms with Gasteiger partial charge < -0.3 is 9.47 Å². The van der Waals surface area contributed by atoms with E-state index in [9.17, 15) is 9.59 Å². The van der Waals surface area contributed by atoms with Crippen molar-refractivity contribution in [1.29, 1.82) is 0 Å². The summed E-state index contributed by atoms with van der Waals surface area (Å²) in [4.78, 5) is 24.8. The van der Waals surface area contributed by atoms with Crippen LogP contribution in [-0.4, -0.2) is 25.2 Å². The Kier molecular flexibility index (Phi) is 9.90. The molecule has 1 unspecified atom stereocenters. The summed E-state index contributed by atoms with van der Waals surface area (Å²) < 4.78 is 10.4. The molecule has 0 spiro atoms. The topological polar surface area (TPSA) is 52.6 Å². The second-order valence-electron chi connectivity index (χ2n) is 6.51. The van der Waals surface area contributed by atoms with Gasteiger partial charge in [-0.15, -0.1) is 0 Å². The lowest BCUT2D eigenvalue weighted by Crippen LogP contribution is -2.24. The number of carbonyl (C=O) groups is 2. The maximum absolute atomic E-state index is 12.4. The van der Waals surface area contributed by atoms with Crippen LogP contribution in [0.15, 0.2) is 36.0 Å². The molecule has 0 saturated carbocycles. The van der Waals surface area contributed by atoms with E-state index in [1.54, 1.807) is 6.08 Å². The highest BCUT2D eigenvalue weighted by molar-refractivity contribution is 6.14. The summed E-state index contributed by atoms with van der Waals surface area (Å²) in [5.74, 6) is -1.17. The molecule has 0 aliphatic heterocycles. The highest BCUT2D eigenvalue weighted by Crippen LogP contribution is 2.37. The van der Waals surface area contributed by atoms with Crippen molar-refractivity contribution in [3.05, 3.63) is 36.0 Å². The quantitative estimate of drug-likeness (QED) is 0.175. The molecule has 0 aromatic rings. The SMILES string of the molecule is CCCCCC1(C=C(C(=O)OCCC)C(=O)OCCC)C=CC=CC1. The molecule has 1 aliphatic rings. The van der Waals surface area contributed by atoms with Crippen molar-refractivity contribution in [2.75, 3.05) is 13.2 Å². The van der Waals surface area contributed by atoms with E-state index >= 15 is 0 Å². The Morgan fingerprint density at radius 2 is 1.60 bits per heavy atom. The van der Waals surface area contributed by atoms with Gasteiger partial charge in [0.05, 0.1) is 13.2 Å². The lowest BCUT2D eigenvalue weighted by Gasteiger charge is -2.29. The van der Waals surface area contributed by atoms with Crippen molar-refractivity contribution in [2.45, 2.75) is 65.7 Å². The zero-order chi connectivity index (χ0) is 18.5. The van der Waals surface area contributed by atoms with Crippen molar-refractivity contribution in [2.24, 2.45) is 5.41 Å². The fourth-order valence-electron chi connectivity index (χ4n) is 2.78. The average molecular weight is 348 g/mol. The fraction of sp³-hybridized carbons (Fsp3) is 0.619. The Hall–Kier alpha value is -1.84. The zero-order valence-corrected chi connectivity index (χ0v) is 15.9. The van der Waals surface area contributed by atoms with Crippen LogP contribution in [-0.2, 0) is 19.1 Å². The lowest BCUT2D eigenvalue weighted by molar-refractivity contribution is -0.147. The Morgan fingerprint density at radius 1 is 0.960 bits per heavy atom. The predicted octanol–water partition coefficient (Wildman–Crippen LogP) is 4.90. The Morgan fingerprint density at radius 3 is 2.08 bits per heavy atom. The molecule has 4 nitrogen and oxygen atoms in total. The summed E-state index contributed by atoms with van der Waals surface area (Å²) in [7, 11) is 0. The molecule has 0 aromatic carbocycles. The first-order chi connectivity index (χ1) is 12.1. The summed E-state index contributed by atoms with van der Waals surface area (Å²) in [6.07, 6.45) is 16.3. The van der Waals surface area contributed by atoms with Gasteiger partial charge in [-0.05, 0) is 25.7 Å². The van der Waals surface area contributed by atoms with E-state index < -0.39 is 11.9 Å². The molecule has 25 heavy (non-hydrogen) atoms. The van der Waals surface area contributed by atoms with E-state index in [1.807, 2.05) is 26.0 Å². The Bertz CT molecular complexity index is 494. The minimum Gasteiger partial charge on any atom is -0.462 e. The van der Waals surface area contributed by atoms with E-state index in [-0.39, 0.29) is 11.0 Å². The van der Waals surface area contributed by atoms with Gasteiger partial charge in [0, 0.05) is 5.41 Å². The van der Waals surface area contributed by atoms with Gasteiger partial charge in [0.2, 0.25) is 0 Å². The van der Waals surface area contributed by atoms with Gasteiger partial charge in [-0.25, -0.2) is 9.59 Å². The molecule has 0 radical (unpaired) electrons. The smallest absolute Gasteiger partial charge is 0.345 e. The molecule has 0 fully saturated rings. The normalized spacial score (nSPS) is 18.7. The molecular weight excluding hydrogens is 316 g/mol. The lowest BCUT2D eigenvalue weighted by atomic mass is 9.76. The Balaban J connectivity index is 3.07. The number of hydrogen-bond acceptors (Lipinski definition) is 4. The van der Waals surface area contributed by atoms with Gasteiger partial charge >= 0.3 is 11.9 Å². The first kappa shape index (κ1) is 21.2. The van der Waals surface area contributed by atoms with Crippen LogP contribution in [0.2, 0.25) is 0 Å². The molecule has 0 N–H and O–H groups in total. The minimum absolute atomic E-state index is 0.0262. The number of hydrogen-bond donors (Lipinski definition) is 0. The van der Waals surface area contributed by atoms with Crippen LogP contribution in [0.4, 0.5) is 0 Å². The molecular formula is C21H32O4. The van der Waals surface area contributed by atoms with E-state index in [1.165, 1.54) is 0 Å². The molecule has 1 rings (SSSR count). The maximum atomic E-state index is 12.4. The van der Waals surface area contributed by atoms with Crippen LogP contribution >= 0.6 is 0 Å². The molecule has 0 saturated heterocycles. The number of rotatable bonds is 11. The summed E-state index contributed by atoms with van der Waals surface area (Å²) in [5.41, 5.74) is -0.297. The van der Waals surface area contributed by atoms with E-state index in [0.717, 1.165) is 32.1 Å². The van der Waals surface area contributed by atoms with Crippen LogP contribution in [0.25, 0.3) is 0 Å². The van der Waals surface area contributed by atoms with Crippen LogP contribution in [0, 0.1) is 5.41 Å². The molecule has 1 atom stereocenters. The molecule has 0 heterocycles. The van der Waals surface area contributed by atoms with Crippen molar-refractivity contribution in [3.63, 3.8) is 0 Å². The zero-order valence-electron chi connectivity index (χ0n) is 15.9. The summed E-state index contributed by atoms with van der Waals surface area (Å²) >= 11 is 0. The number of unbranched alkanes of at least 4 members (excludes halogenated alkanes) is 2. The predicted molar refractivity (Wildman–Crippen MR) is 100 cm³/mol. The van der Waals surface area contributed by atoms with Crippen LogP contribution in [0.5, 0.6) is 0 Å². The van der Waals surface area contributed by atoms with Crippen LogP contribution in [0.1, 0.15) is 65.7 Å². The second-order valence-corrected chi connectivity index (χ2v) is 6.51. The standard InChI is InChI=1S/C21H32O4/c1-4-7-9-12-21(13-10-8-11-14-21)17-18(19(22)24-15-5-2)20(23)25-16-6-3/h8,10-11,13,17H,4-7,9,12,14-16H2,1-3H3. The van der Waals surface area contributed by atoms with Gasteiger partial charge in [0.25, 0.3) is 0 Å². The third-order valence-corrected chi connectivity index (χ3v) is 4.17. The first-order valence-electron chi connectivity index (χ1n) is 9.50. The van der Waals surface area contributed by atoms with E-state index in [4.69, 9.17) is 9.47 Å². The fourth-order valence-corrected chi connectivity index (χ4v) is 2.78. The number of ether oxygens (including phenoxy) is 2.